The molecular weight excluding hydrogens is 208 g/mol. The maximum absolute atomic E-state index is 13.4. The Labute approximate surface area is 94.7 Å². The molecule has 0 aliphatic carbocycles. The van der Waals surface area contributed by atoms with E-state index in [4.69, 9.17) is 5.26 Å². The summed E-state index contributed by atoms with van der Waals surface area (Å²) in [4.78, 5) is 0. The number of nitrogens with zero attached hydrogens (tertiary/aromatic N) is 1. The Balaban J connectivity index is 3.08. The van der Waals surface area contributed by atoms with Crippen LogP contribution in [0.4, 0.5) is 8.78 Å². The van der Waals surface area contributed by atoms with Gasteiger partial charge in [-0.3, -0.25) is 0 Å². The first-order chi connectivity index (χ1) is 7.58. The van der Waals surface area contributed by atoms with E-state index in [0.717, 1.165) is 0 Å². The van der Waals surface area contributed by atoms with E-state index < -0.39 is 17.0 Å². The molecule has 0 atom stereocenters. The average molecular weight is 223 g/mol. The van der Waals surface area contributed by atoms with Crippen LogP contribution in [0.5, 0.6) is 0 Å². The van der Waals surface area contributed by atoms with Gasteiger partial charge in [0, 0.05) is 5.56 Å². The SMILES string of the molecule is CCC(C#N)(CC)Cc1c(F)cccc1F. The molecule has 0 fully saturated rings. The molecule has 0 bridgehead atoms. The van der Waals surface area contributed by atoms with Gasteiger partial charge in [-0.2, -0.15) is 5.26 Å². The number of benzene rings is 1. The average Bonchev–Trinajstić information content (AvgIpc) is 2.30. The standard InChI is InChI=1S/C13H15F2N/c1-3-13(4-2,9-16)8-10-11(14)6-5-7-12(10)15/h5-7H,3-4,8H2,1-2H3. The summed E-state index contributed by atoms with van der Waals surface area (Å²) in [6.45, 7) is 3.73. The minimum absolute atomic E-state index is 0.0211. The van der Waals surface area contributed by atoms with Crippen molar-refractivity contribution in [1.82, 2.24) is 0 Å². The Morgan fingerprint density at radius 1 is 1.19 bits per heavy atom. The Hall–Kier alpha value is -1.43. The second-order valence-electron chi connectivity index (χ2n) is 3.98. The van der Waals surface area contributed by atoms with Crippen molar-refractivity contribution in [3.05, 3.63) is 35.4 Å². The fourth-order valence-electron chi connectivity index (χ4n) is 1.74. The number of halogens is 2. The largest absolute Gasteiger partial charge is 0.207 e. The van der Waals surface area contributed by atoms with E-state index in [1.54, 1.807) is 0 Å². The van der Waals surface area contributed by atoms with Crippen molar-refractivity contribution in [3.63, 3.8) is 0 Å². The summed E-state index contributed by atoms with van der Waals surface area (Å²) in [6.07, 6.45) is 1.32. The van der Waals surface area contributed by atoms with Gasteiger partial charge in [-0.15, -0.1) is 0 Å². The summed E-state index contributed by atoms with van der Waals surface area (Å²) in [5.41, 5.74) is -0.643. The molecule has 0 radical (unpaired) electrons. The third-order valence-corrected chi connectivity index (χ3v) is 3.17. The van der Waals surface area contributed by atoms with Gasteiger partial charge in [0.1, 0.15) is 11.6 Å². The van der Waals surface area contributed by atoms with Crippen LogP contribution in [0, 0.1) is 28.4 Å². The van der Waals surface area contributed by atoms with Gasteiger partial charge >= 0.3 is 0 Å². The fourth-order valence-corrected chi connectivity index (χ4v) is 1.74. The molecule has 16 heavy (non-hydrogen) atoms. The first-order valence-electron chi connectivity index (χ1n) is 5.42. The van der Waals surface area contributed by atoms with Crippen molar-refractivity contribution < 1.29 is 8.78 Å². The van der Waals surface area contributed by atoms with Gasteiger partial charge in [0.05, 0.1) is 11.5 Å². The van der Waals surface area contributed by atoms with Gasteiger partial charge in [0.15, 0.2) is 0 Å². The zero-order valence-electron chi connectivity index (χ0n) is 9.56. The predicted octanol–water partition coefficient (Wildman–Crippen LogP) is 3.84. The lowest BCUT2D eigenvalue weighted by atomic mass is 9.78. The highest BCUT2D eigenvalue weighted by Crippen LogP contribution is 2.31. The van der Waals surface area contributed by atoms with E-state index in [-0.39, 0.29) is 12.0 Å². The third kappa shape index (κ3) is 2.38. The topological polar surface area (TPSA) is 23.8 Å². The summed E-state index contributed by atoms with van der Waals surface area (Å²) in [5.74, 6) is -1.14. The molecule has 0 saturated carbocycles. The molecule has 0 aliphatic rings. The molecule has 3 heteroatoms. The second kappa shape index (κ2) is 5.07. The highest BCUT2D eigenvalue weighted by atomic mass is 19.1. The lowest BCUT2D eigenvalue weighted by Gasteiger charge is -2.23. The van der Waals surface area contributed by atoms with Crippen LogP contribution >= 0.6 is 0 Å². The molecule has 0 spiro atoms. The molecule has 1 aromatic rings. The Morgan fingerprint density at radius 3 is 2.06 bits per heavy atom. The van der Waals surface area contributed by atoms with E-state index >= 15 is 0 Å². The first-order valence-corrected chi connectivity index (χ1v) is 5.42. The molecule has 86 valence electrons. The van der Waals surface area contributed by atoms with Crippen LogP contribution in [0.2, 0.25) is 0 Å². The minimum Gasteiger partial charge on any atom is -0.207 e. The molecule has 0 N–H and O–H groups in total. The predicted molar refractivity (Wildman–Crippen MR) is 58.7 cm³/mol. The first kappa shape index (κ1) is 12.6. The molecule has 0 aromatic heterocycles. The van der Waals surface area contributed by atoms with Gasteiger partial charge in [0.25, 0.3) is 0 Å². The Kier molecular flexibility index (Phi) is 4.00. The smallest absolute Gasteiger partial charge is 0.129 e. The van der Waals surface area contributed by atoms with Crippen LogP contribution in [0.25, 0.3) is 0 Å². The zero-order valence-corrected chi connectivity index (χ0v) is 9.56. The van der Waals surface area contributed by atoms with E-state index in [1.165, 1.54) is 18.2 Å². The summed E-state index contributed by atoms with van der Waals surface area (Å²) in [5, 5.41) is 9.12. The molecule has 0 unspecified atom stereocenters. The highest BCUT2D eigenvalue weighted by Gasteiger charge is 2.28. The van der Waals surface area contributed by atoms with Crippen molar-refractivity contribution in [2.75, 3.05) is 0 Å². The van der Waals surface area contributed by atoms with Gasteiger partial charge in [-0.25, -0.2) is 8.78 Å². The quantitative estimate of drug-likeness (QED) is 0.760. The van der Waals surface area contributed by atoms with Gasteiger partial charge < -0.3 is 0 Å². The summed E-state index contributed by atoms with van der Waals surface area (Å²) in [7, 11) is 0. The van der Waals surface area contributed by atoms with E-state index in [9.17, 15) is 8.78 Å². The van der Waals surface area contributed by atoms with Gasteiger partial charge in [-0.05, 0) is 31.4 Å². The number of hydrogen-bond acceptors (Lipinski definition) is 1. The van der Waals surface area contributed by atoms with E-state index in [1.807, 2.05) is 13.8 Å². The molecule has 1 nitrogen and oxygen atoms in total. The molecule has 0 aliphatic heterocycles. The van der Waals surface area contributed by atoms with Gasteiger partial charge in [0.2, 0.25) is 0 Å². The number of hydrogen-bond donors (Lipinski definition) is 0. The summed E-state index contributed by atoms with van der Waals surface area (Å²) >= 11 is 0. The van der Waals surface area contributed by atoms with Crippen molar-refractivity contribution >= 4 is 0 Å². The maximum Gasteiger partial charge on any atom is 0.129 e. The van der Waals surface area contributed by atoms with Crippen LogP contribution in [-0.2, 0) is 6.42 Å². The Morgan fingerprint density at radius 2 is 1.69 bits per heavy atom. The van der Waals surface area contributed by atoms with Crippen molar-refractivity contribution in [2.24, 2.45) is 5.41 Å². The lowest BCUT2D eigenvalue weighted by molar-refractivity contribution is 0.350. The van der Waals surface area contributed by atoms with Gasteiger partial charge in [-0.1, -0.05) is 19.9 Å². The van der Waals surface area contributed by atoms with Crippen LogP contribution in [-0.4, -0.2) is 0 Å². The number of rotatable bonds is 4. The van der Waals surface area contributed by atoms with Crippen LogP contribution in [0.3, 0.4) is 0 Å². The maximum atomic E-state index is 13.4. The fraction of sp³-hybridized carbons (Fsp3) is 0.462. The second-order valence-corrected chi connectivity index (χ2v) is 3.98. The van der Waals surface area contributed by atoms with Crippen LogP contribution in [0.15, 0.2) is 18.2 Å². The highest BCUT2D eigenvalue weighted by molar-refractivity contribution is 5.23. The summed E-state index contributed by atoms with van der Waals surface area (Å²) < 4.78 is 26.9. The monoisotopic (exact) mass is 223 g/mol. The molecule has 0 amide bonds. The molecule has 1 rings (SSSR count). The molecule has 0 heterocycles. The molecular formula is C13H15F2N. The van der Waals surface area contributed by atoms with Crippen molar-refractivity contribution in [2.45, 2.75) is 33.1 Å². The minimum atomic E-state index is -0.664. The molecule has 0 saturated heterocycles. The molecule has 1 aromatic carbocycles. The summed E-state index contributed by atoms with van der Waals surface area (Å²) in [6, 6.07) is 5.97. The van der Waals surface area contributed by atoms with Crippen LogP contribution in [0.1, 0.15) is 32.3 Å². The van der Waals surface area contributed by atoms with Crippen LogP contribution < -0.4 is 0 Å². The van der Waals surface area contributed by atoms with E-state index in [0.29, 0.717) is 12.8 Å². The zero-order chi connectivity index (χ0) is 12.2. The van der Waals surface area contributed by atoms with E-state index in [2.05, 4.69) is 6.07 Å². The van der Waals surface area contributed by atoms with Crippen molar-refractivity contribution in [1.29, 1.82) is 5.26 Å². The third-order valence-electron chi connectivity index (χ3n) is 3.17. The normalized spacial score (nSPS) is 11.2. The Bertz CT molecular complexity index is 383. The lowest BCUT2D eigenvalue weighted by Crippen LogP contribution is -2.21. The number of nitriles is 1. The van der Waals surface area contributed by atoms with Crippen molar-refractivity contribution in [3.8, 4) is 6.07 Å².